The Hall–Kier alpha value is -1.83. The van der Waals surface area contributed by atoms with Gasteiger partial charge in [0.05, 0.1) is 17.9 Å². The average Bonchev–Trinajstić information content (AvgIpc) is 2.97. The monoisotopic (exact) mass is 272 g/mol. The molecule has 0 aliphatic carbocycles. The summed E-state index contributed by atoms with van der Waals surface area (Å²) in [4.78, 5) is 3.43. The number of benzene rings is 1. The van der Waals surface area contributed by atoms with E-state index in [1.807, 2.05) is 19.2 Å². The fourth-order valence-corrected chi connectivity index (χ4v) is 2.66. The van der Waals surface area contributed by atoms with E-state index in [1.54, 1.807) is 17.4 Å². The second-order valence-corrected chi connectivity index (χ2v) is 5.40. The minimum absolute atomic E-state index is 0.0339. The normalized spacial score (nSPS) is 10.2. The van der Waals surface area contributed by atoms with E-state index in [2.05, 4.69) is 28.5 Å². The largest absolute Gasteiger partial charge is 0.392 e. The Labute approximate surface area is 117 Å². The zero-order valence-electron chi connectivity index (χ0n) is 10.8. The summed E-state index contributed by atoms with van der Waals surface area (Å²) in [6.45, 7) is 0.835. The van der Waals surface area contributed by atoms with Crippen molar-refractivity contribution in [3.63, 3.8) is 0 Å². The third-order valence-corrected chi connectivity index (χ3v) is 3.99. The van der Waals surface area contributed by atoms with Gasteiger partial charge in [0.2, 0.25) is 0 Å². The van der Waals surface area contributed by atoms with E-state index in [9.17, 15) is 5.26 Å². The van der Waals surface area contributed by atoms with E-state index in [0.717, 1.165) is 24.2 Å². The molecule has 0 aliphatic rings. The minimum atomic E-state index is -0.0339. The second kappa shape index (κ2) is 6.37. The Balaban J connectivity index is 2.10. The van der Waals surface area contributed by atoms with Crippen molar-refractivity contribution >= 4 is 17.0 Å². The lowest BCUT2D eigenvalue weighted by atomic mass is 10.1. The van der Waals surface area contributed by atoms with Gasteiger partial charge in [-0.05, 0) is 35.6 Å². The molecule has 0 radical (unpaired) electrons. The van der Waals surface area contributed by atoms with Gasteiger partial charge in [-0.15, -0.1) is 11.3 Å². The first kappa shape index (κ1) is 13.6. The lowest BCUT2D eigenvalue weighted by molar-refractivity contribution is 0.282. The standard InChI is InChI=1S/C15H16N2OS/c1-17(7-6-14-3-2-8-19-14)15-5-4-12(11-18)9-13(15)10-16/h2-5,8-9,18H,6-7,11H2,1H3. The van der Waals surface area contributed by atoms with Crippen LogP contribution in [0.3, 0.4) is 0 Å². The van der Waals surface area contributed by atoms with Gasteiger partial charge in [0.15, 0.2) is 0 Å². The summed E-state index contributed by atoms with van der Waals surface area (Å²) in [5.74, 6) is 0. The molecule has 98 valence electrons. The van der Waals surface area contributed by atoms with Gasteiger partial charge < -0.3 is 10.0 Å². The summed E-state index contributed by atoms with van der Waals surface area (Å²) >= 11 is 1.75. The Morgan fingerprint density at radius 1 is 1.37 bits per heavy atom. The van der Waals surface area contributed by atoms with Crippen molar-refractivity contribution in [2.24, 2.45) is 0 Å². The van der Waals surface area contributed by atoms with Crippen molar-refractivity contribution in [3.8, 4) is 6.07 Å². The van der Waals surface area contributed by atoms with Crippen LogP contribution in [0, 0.1) is 11.3 Å². The number of nitriles is 1. The lowest BCUT2D eigenvalue weighted by Gasteiger charge is -2.20. The van der Waals surface area contributed by atoms with E-state index in [-0.39, 0.29) is 6.61 Å². The van der Waals surface area contributed by atoms with Crippen LogP contribution < -0.4 is 4.90 Å². The van der Waals surface area contributed by atoms with Crippen molar-refractivity contribution in [3.05, 3.63) is 51.7 Å². The number of hydrogen-bond donors (Lipinski definition) is 1. The summed E-state index contributed by atoms with van der Waals surface area (Å²) in [5, 5.41) is 20.4. The zero-order chi connectivity index (χ0) is 13.7. The maximum absolute atomic E-state index is 9.18. The molecule has 0 bridgehead atoms. The van der Waals surface area contributed by atoms with Crippen molar-refractivity contribution in [2.75, 3.05) is 18.5 Å². The van der Waals surface area contributed by atoms with Gasteiger partial charge in [-0.2, -0.15) is 5.26 Å². The van der Waals surface area contributed by atoms with Gasteiger partial charge in [0.1, 0.15) is 6.07 Å². The topological polar surface area (TPSA) is 47.3 Å². The van der Waals surface area contributed by atoms with Gasteiger partial charge in [-0.1, -0.05) is 12.1 Å². The highest BCUT2D eigenvalue weighted by Gasteiger charge is 2.08. The minimum Gasteiger partial charge on any atom is -0.392 e. The molecule has 1 aromatic carbocycles. The number of anilines is 1. The molecule has 2 aromatic rings. The lowest BCUT2D eigenvalue weighted by Crippen LogP contribution is -2.21. The van der Waals surface area contributed by atoms with Gasteiger partial charge in [0, 0.05) is 18.5 Å². The highest BCUT2D eigenvalue weighted by Crippen LogP contribution is 2.21. The van der Waals surface area contributed by atoms with Crippen LogP contribution in [0.5, 0.6) is 0 Å². The number of hydrogen-bond acceptors (Lipinski definition) is 4. The molecule has 4 heteroatoms. The van der Waals surface area contributed by atoms with Crippen LogP contribution in [0.2, 0.25) is 0 Å². The molecule has 0 saturated carbocycles. The number of nitrogens with zero attached hydrogens (tertiary/aromatic N) is 2. The molecule has 19 heavy (non-hydrogen) atoms. The van der Waals surface area contributed by atoms with E-state index in [0.29, 0.717) is 5.56 Å². The molecule has 0 fully saturated rings. The summed E-state index contributed by atoms with van der Waals surface area (Å²) in [6, 6.07) is 11.9. The van der Waals surface area contributed by atoms with Crippen LogP contribution in [0.4, 0.5) is 5.69 Å². The summed E-state index contributed by atoms with van der Waals surface area (Å²) in [6.07, 6.45) is 0.973. The molecule has 1 heterocycles. The Morgan fingerprint density at radius 2 is 2.21 bits per heavy atom. The van der Waals surface area contributed by atoms with Crippen molar-refractivity contribution < 1.29 is 5.11 Å². The number of rotatable bonds is 5. The third kappa shape index (κ3) is 3.34. The van der Waals surface area contributed by atoms with Gasteiger partial charge >= 0.3 is 0 Å². The van der Waals surface area contributed by atoms with E-state index in [4.69, 9.17) is 5.11 Å². The molecule has 0 atom stereocenters. The fourth-order valence-electron chi connectivity index (χ4n) is 1.96. The van der Waals surface area contributed by atoms with Gasteiger partial charge in [-0.3, -0.25) is 0 Å². The van der Waals surface area contributed by atoms with Gasteiger partial charge in [-0.25, -0.2) is 0 Å². The third-order valence-electron chi connectivity index (χ3n) is 3.05. The van der Waals surface area contributed by atoms with Crippen molar-refractivity contribution in [2.45, 2.75) is 13.0 Å². The molecule has 3 nitrogen and oxygen atoms in total. The summed E-state index contributed by atoms with van der Waals surface area (Å²) in [7, 11) is 1.99. The maximum Gasteiger partial charge on any atom is 0.101 e. The maximum atomic E-state index is 9.18. The molecule has 1 aromatic heterocycles. The van der Waals surface area contributed by atoms with Crippen LogP contribution >= 0.6 is 11.3 Å². The number of aliphatic hydroxyl groups excluding tert-OH is 1. The predicted octanol–water partition coefficient (Wildman–Crippen LogP) is 2.79. The number of thiophene rings is 1. The quantitative estimate of drug-likeness (QED) is 0.910. The van der Waals surface area contributed by atoms with Crippen LogP contribution in [0.25, 0.3) is 0 Å². The number of likely N-dealkylation sites (N-methyl/N-ethyl adjacent to an activating group) is 1. The van der Waals surface area contributed by atoms with E-state index in [1.165, 1.54) is 4.88 Å². The van der Waals surface area contributed by atoms with Crippen LogP contribution in [0.1, 0.15) is 16.0 Å². The van der Waals surface area contributed by atoms with Crippen molar-refractivity contribution in [1.29, 1.82) is 5.26 Å². The molecular formula is C15H16N2OS. The molecular weight excluding hydrogens is 256 g/mol. The predicted molar refractivity (Wildman–Crippen MR) is 78.4 cm³/mol. The fraction of sp³-hybridized carbons (Fsp3) is 0.267. The number of aliphatic hydroxyl groups is 1. The molecule has 2 rings (SSSR count). The SMILES string of the molecule is CN(CCc1cccs1)c1ccc(CO)cc1C#N. The first-order valence-corrected chi connectivity index (χ1v) is 7.00. The average molecular weight is 272 g/mol. The van der Waals surface area contributed by atoms with Crippen LogP contribution in [-0.4, -0.2) is 18.7 Å². The first-order chi connectivity index (χ1) is 9.24. The highest BCUT2D eigenvalue weighted by atomic mass is 32.1. The molecule has 0 aliphatic heterocycles. The smallest absolute Gasteiger partial charge is 0.101 e. The highest BCUT2D eigenvalue weighted by molar-refractivity contribution is 7.09. The molecule has 0 unspecified atom stereocenters. The van der Waals surface area contributed by atoms with Gasteiger partial charge in [0.25, 0.3) is 0 Å². The van der Waals surface area contributed by atoms with Crippen molar-refractivity contribution in [1.82, 2.24) is 0 Å². The molecule has 0 amide bonds. The first-order valence-electron chi connectivity index (χ1n) is 6.12. The Morgan fingerprint density at radius 3 is 2.84 bits per heavy atom. The second-order valence-electron chi connectivity index (χ2n) is 4.37. The molecule has 0 spiro atoms. The van der Waals surface area contributed by atoms with Crippen LogP contribution in [-0.2, 0) is 13.0 Å². The Bertz CT molecular complexity index is 572. The zero-order valence-corrected chi connectivity index (χ0v) is 11.7. The molecule has 0 saturated heterocycles. The van der Waals surface area contributed by atoms with E-state index < -0.39 is 0 Å². The Kier molecular flexibility index (Phi) is 4.56. The van der Waals surface area contributed by atoms with E-state index >= 15 is 0 Å². The van der Waals surface area contributed by atoms with Crippen LogP contribution in [0.15, 0.2) is 35.7 Å². The summed E-state index contributed by atoms with van der Waals surface area (Å²) < 4.78 is 0. The molecule has 1 N–H and O–H groups in total. The summed E-state index contributed by atoms with van der Waals surface area (Å²) in [5.41, 5.74) is 2.29.